The predicted molar refractivity (Wildman–Crippen MR) is 58.0 cm³/mol. The van der Waals surface area contributed by atoms with Crippen LogP contribution in [-0.4, -0.2) is 59.5 Å². The van der Waals surface area contributed by atoms with Gasteiger partial charge in [0.25, 0.3) is 0 Å². The summed E-state index contributed by atoms with van der Waals surface area (Å²) in [7, 11) is 0. The van der Waals surface area contributed by atoms with Crippen LogP contribution in [0.5, 0.6) is 0 Å². The number of carbonyl (C=O) groups is 2. The molecule has 2 rings (SSSR count). The second-order valence-electron chi connectivity index (χ2n) is 4.72. The van der Waals surface area contributed by atoms with Crippen molar-refractivity contribution < 1.29 is 14.7 Å². The van der Waals surface area contributed by atoms with E-state index in [1.807, 2.05) is 4.90 Å². The molecule has 0 bridgehead atoms. The van der Waals surface area contributed by atoms with E-state index in [4.69, 9.17) is 5.11 Å². The number of amides is 1. The third-order valence-electron chi connectivity index (χ3n) is 3.40. The monoisotopic (exact) mass is 226 g/mol. The predicted octanol–water partition coefficient (Wildman–Crippen LogP) is 0.0153. The molecule has 16 heavy (non-hydrogen) atoms. The van der Waals surface area contributed by atoms with Gasteiger partial charge in [-0.05, 0) is 25.3 Å². The molecule has 0 saturated carbocycles. The zero-order valence-electron chi connectivity index (χ0n) is 9.39. The molecule has 0 aromatic carbocycles. The van der Waals surface area contributed by atoms with Crippen molar-refractivity contribution in [1.29, 1.82) is 0 Å². The van der Waals surface area contributed by atoms with Crippen LogP contribution in [0.15, 0.2) is 0 Å². The maximum Gasteiger partial charge on any atom is 0.303 e. The first-order valence-corrected chi connectivity index (χ1v) is 5.87. The molecule has 2 aliphatic heterocycles. The molecule has 1 unspecified atom stereocenters. The molecule has 0 aromatic rings. The second kappa shape index (κ2) is 4.82. The molecule has 2 fully saturated rings. The summed E-state index contributed by atoms with van der Waals surface area (Å²) < 4.78 is 0. The summed E-state index contributed by atoms with van der Waals surface area (Å²) in [4.78, 5) is 26.2. The SMILES string of the molecule is O=C(O)CC1CCN(CC(=O)N2CCC2)C1. The van der Waals surface area contributed by atoms with Crippen LogP contribution in [-0.2, 0) is 9.59 Å². The number of hydrogen-bond acceptors (Lipinski definition) is 3. The average Bonchev–Trinajstić information content (AvgIpc) is 2.47. The van der Waals surface area contributed by atoms with Crippen molar-refractivity contribution in [2.45, 2.75) is 19.3 Å². The number of aliphatic carboxylic acids is 1. The summed E-state index contributed by atoms with van der Waals surface area (Å²) in [6.07, 6.45) is 2.25. The highest BCUT2D eigenvalue weighted by atomic mass is 16.4. The van der Waals surface area contributed by atoms with E-state index in [1.165, 1.54) is 0 Å². The van der Waals surface area contributed by atoms with Crippen LogP contribution in [0.25, 0.3) is 0 Å². The Kier molecular flexibility index (Phi) is 3.43. The second-order valence-corrected chi connectivity index (χ2v) is 4.72. The Labute approximate surface area is 95.0 Å². The van der Waals surface area contributed by atoms with Crippen molar-refractivity contribution in [2.24, 2.45) is 5.92 Å². The fourth-order valence-corrected chi connectivity index (χ4v) is 2.33. The normalized spacial score (nSPS) is 25.5. The molecule has 2 saturated heterocycles. The van der Waals surface area contributed by atoms with Crippen LogP contribution in [0.1, 0.15) is 19.3 Å². The highest BCUT2D eigenvalue weighted by Gasteiger charge is 2.28. The number of carbonyl (C=O) groups excluding carboxylic acids is 1. The molecule has 5 nitrogen and oxygen atoms in total. The number of carboxylic acids is 1. The van der Waals surface area contributed by atoms with Crippen LogP contribution in [0.2, 0.25) is 0 Å². The Balaban J connectivity index is 1.71. The first kappa shape index (κ1) is 11.4. The van der Waals surface area contributed by atoms with Crippen molar-refractivity contribution in [2.75, 3.05) is 32.7 Å². The van der Waals surface area contributed by atoms with Gasteiger partial charge in [-0.25, -0.2) is 0 Å². The van der Waals surface area contributed by atoms with Gasteiger partial charge in [0.05, 0.1) is 6.54 Å². The number of rotatable bonds is 4. The molecule has 1 atom stereocenters. The summed E-state index contributed by atoms with van der Waals surface area (Å²) in [6, 6.07) is 0. The first-order chi connectivity index (χ1) is 7.65. The maximum absolute atomic E-state index is 11.7. The highest BCUT2D eigenvalue weighted by Crippen LogP contribution is 2.19. The molecule has 2 heterocycles. The van der Waals surface area contributed by atoms with Gasteiger partial charge >= 0.3 is 5.97 Å². The van der Waals surface area contributed by atoms with Crippen molar-refractivity contribution in [3.05, 3.63) is 0 Å². The van der Waals surface area contributed by atoms with E-state index < -0.39 is 5.97 Å². The zero-order chi connectivity index (χ0) is 11.5. The Hall–Kier alpha value is -1.10. The van der Waals surface area contributed by atoms with Gasteiger partial charge in [-0.2, -0.15) is 0 Å². The molecule has 5 heteroatoms. The van der Waals surface area contributed by atoms with Crippen LogP contribution < -0.4 is 0 Å². The fraction of sp³-hybridized carbons (Fsp3) is 0.818. The van der Waals surface area contributed by atoms with Gasteiger partial charge < -0.3 is 10.0 Å². The lowest BCUT2D eigenvalue weighted by Crippen LogP contribution is -2.46. The lowest BCUT2D eigenvalue weighted by Gasteiger charge is -2.32. The van der Waals surface area contributed by atoms with E-state index >= 15 is 0 Å². The van der Waals surface area contributed by atoms with E-state index in [2.05, 4.69) is 4.90 Å². The minimum Gasteiger partial charge on any atom is -0.481 e. The van der Waals surface area contributed by atoms with Gasteiger partial charge in [-0.1, -0.05) is 0 Å². The quantitative estimate of drug-likeness (QED) is 0.734. The average molecular weight is 226 g/mol. The Morgan fingerprint density at radius 2 is 2.00 bits per heavy atom. The van der Waals surface area contributed by atoms with Gasteiger partial charge in [-0.3, -0.25) is 14.5 Å². The number of nitrogens with zero attached hydrogens (tertiary/aromatic N) is 2. The van der Waals surface area contributed by atoms with E-state index in [1.54, 1.807) is 0 Å². The molecular weight excluding hydrogens is 208 g/mol. The van der Waals surface area contributed by atoms with E-state index in [-0.39, 0.29) is 18.2 Å². The lowest BCUT2D eigenvalue weighted by molar-refractivity contribution is -0.138. The summed E-state index contributed by atoms with van der Waals surface area (Å²) >= 11 is 0. The Morgan fingerprint density at radius 1 is 1.25 bits per heavy atom. The van der Waals surface area contributed by atoms with Crippen molar-refractivity contribution in [1.82, 2.24) is 9.80 Å². The van der Waals surface area contributed by atoms with Gasteiger partial charge in [0.15, 0.2) is 0 Å². The van der Waals surface area contributed by atoms with E-state index in [9.17, 15) is 9.59 Å². The minimum atomic E-state index is -0.735. The number of likely N-dealkylation sites (tertiary alicyclic amines) is 2. The topological polar surface area (TPSA) is 60.9 Å². The third kappa shape index (κ3) is 2.72. The molecule has 0 spiro atoms. The van der Waals surface area contributed by atoms with Gasteiger partial charge in [-0.15, -0.1) is 0 Å². The molecule has 0 aliphatic carbocycles. The number of hydrogen-bond donors (Lipinski definition) is 1. The summed E-state index contributed by atoms with van der Waals surface area (Å²) in [5.74, 6) is -0.315. The zero-order valence-corrected chi connectivity index (χ0v) is 9.39. The van der Waals surface area contributed by atoms with E-state index in [0.717, 1.165) is 39.0 Å². The van der Waals surface area contributed by atoms with Crippen molar-refractivity contribution >= 4 is 11.9 Å². The first-order valence-electron chi connectivity index (χ1n) is 5.87. The van der Waals surface area contributed by atoms with Crippen LogP contribution in [0, 0.1) is 5.92 Å². The largest absolute Gasteiger partial charge is 0.481 e. The third-order valence-corrected chi connectivity index (χ3v) is 3.40. The summed E-state index contributed by atoms with van der Waals surface area (Å²) in [6.45, 7) is 3.87. The standard InChI is InChI=1S/C11H18N2O3/c14-10(13-3-1-4-13)8-12-5-2-9(7-12)6-11(15)16/h9H,1-8H2,(H,15,16). The van der Waals surface area contributed by atoms with Gasteiger partial charge in [0.1, 0.15) is 0 Å². The molecule has 90 valence electrons. The van der Waals surface area contributed by atoms with Crippen molar-refractivity contribution in [3.63, 3.8) is 0 Å². The van der Waals surface area contributed by atoms with Gasteiger partial charge in [0.2, 0.25) is 5.91 Å². The van der Waals surface area contributed by atoms with E-state index in [0.29, 0.717) is 6.54 Å². The summed E-state index contributed by atoms with van der Waals surface area (Å²) in [5, 5.41) is 8.68. The highest BCUT2D eigenvalue weighted by molar-refractivity contribution is 5.79. The molecule has 0 aromatic heterocycles. The smallest absolute Gasteiger partial charge is 0.303 e. The molecule has 2 aliphatic rings. The van der Waals surface area contributed by atoms with Crippen LogP contribution >= 0.6 is 0 Å². The Morgan fingerprint density at radius 3 is 2.56 bits per heavy atom. The maximum atomic E-state index is 11.7. The number of carboxylic acid groups (broad SMARTS) is 1. The molecule has 1 N–H and O–H groups in total. The summed E-state index contributed by atoms with van der Waals surface area (Å²) in [5.41, 5.74) is 0. The van der Waals surface area contributed by atoms with Gasteiger partial charge in [0, 0.05) is 26.1 Å². The van der Waals surface area contributed by atoms with Crippen molar-refractivity contribution in [3.8, 4) is 0 Å². The minimum absolute atomic E-state index is 0.197. The molecule has 1 amide bonds. The molecular formula is C11H18N2O3. The van der Waals surface area contributed by atoms with Crippen LogP contribution in [0.4, 0.5) is 0 Å². The molecule has 0 radical (unpaired) electrons. The lowest BCUT2D eigenvalue weighted by atomic mass is 10.1. The fourth-order valence-electron chi connectivity index (χ4n) is 2.33. The van der Waals surface area contributed by atoms with Crippen LogP contribution in [0.3, 0.4) is 0 Å². The Bertz CT molecular complexity index is 289.